The maximum absolute atomic E-state index is 4.24. The summed E-state index contributed by atoms with van der Waals surface area (Å²) >= 11 is 0. The highest BCUT2D eigenvalue weighted by Gasteiger charge is 2.22. The lowest BCUT2D eigenvalue weighted by molar-refractivity contribution is 0.542. The van der Waals surface area contributed by atoms with Crippen molar-refractivity contribution < 1.29 is 0 Å². The van der Waals surface area contributed by atoms with Crippen LogP contribution in [0.5, 0.6) is 0 Å². The molecule has 2 aliphatic rings. The first kappa shape index (κ1) is 6.46. The lowest BCUT2D eigenvalue weighted by Gasteiger charge is -2.21. The van der Waals surface area contributed by atoms with Crippen LogP contribution in [0.1, 0.15) is 0 Å². The quantitative estimate of drug-likeness (QED) is 0.506. The van der Waals surface area contributed by atoms with Crippen LogP contribution in [0.15, 0.2) is 29.0 Å². The van der Waals surface area contributed by atoms with Crippen LogP contribution in [-0.4, -0.2) is 29.7 Å². The van der Waals surface area contributed by atoms with Gasteiger partial charge in [0.25, 0.3) is 0 Å². The third-order valence-electron chi connectivity index (χ3n) is 1.86. The Bertz CT molecular complexity index is 263. The van der Waals surface area contributed by atoms with E-state index in [0.717, 1.165) is 11.5 Å². The first-order valence-corrected chi connectivity index (χ1v) is 3.55. The van der Waals surface area contributed by atoms with Gasteiger partial charge in [-0.1, -0.05) is 0 Å². The molecule has 11 heavy (non-hydrogen) atoms. The van der Waals surface area contributed by atoms with Gasteiger partial charge in [0.1, 0.15) is 0 Å². The summed E-state index contributed by atoms with van der Waals surface area (Å²) in [5.41, 5.74) is 1.16. The Hall–Kier alpha value is -1.25. The lowest BCUT2D eigenvalue weighted by atomic mass is 10.3. The van der Waals surface area contributed by atoms with E-state index in [1.165, 1.54) is 0 Å². The zero-order valence-corrected chi connectivity index (χ0v) is 6.65. The molecule has 2 heterocycles. The van der Waals surface area contributed by atoms with Gasteiger partial charge in [-0.15, -0.1) is 0 Å². The summed E-state index contributed by atoms with van der Waals surface area (Å²) in [6.45, 7) is 1.82. The normalized spacial score (nSPS) is 21.6. The lowest BCUT2D eigenvalue weighted by Crippen LogP contribution is -2.26. The number of amidine groups is 1. The molecular weight excluding hydrogens is 138 g/mol. The predicted octanol–water partition coefficient (Wildman–Crippen LogP) is 0.793. The van der Waals surface area contributed by atoms with Gasteiger partial charge in [-0.2, -0.15) is 0 Å². The molecule has 0 aromatic carbocycles. The molecule has 3 heteroatoms. The third-order valence-corrected chi connectivity index (χ3v) is 1.86. The molecule has 0 saturated carbocycles. The Kier molecular flexibility index (Phi) is 1.24. The van der Waals surface area contributed by atoms with E-state index < -0.39 is 0 Å². The minimum atomic E-state index is 1.02. The van der Waals surface area contributed by atoms with E-state index in [-0.39, 0.29) is 0 Å². The largest absolute Gasteiger partial charge is 0.346 e. The van der Waals surface area contributed by atoms with Crippen molar-refractivity contribution in [1.82, 2.24) is 9.80 Å². The standard InChI is InChI=1S/C8H10N3/c1-10-5-3-4-7-8(10)9-6-11(7)2/h3-6H,1-2H3. The summed E-state index contributed by atoms with van der Waals surface area (Å²) in [7, 11) is 3.99. The molecular formula is C8H10N3. The number of hydrogen-bond donors (Lipinski definition) is 0. The van der Waals surface area contributed by atoms with E-state index in [4.69, 9.17) is 0 Å². The first-order valence-electron chi connectivity index (χ1n) is 3.55. The summed E-state index contributed by atoms with van der Waals surface area (Å²) in [6, 6.07) is 0. The minimum absolute atomic E-state index is 1.02. The monoisotopic (exact) mass is 148 g/mol. The van der Waals surface area contributed by atoms with Crippen molar-refractivity contribution in [1.29, 1.82) is 0 Å². The van der Waals surface area contributed by atoms with Crippen LogP contribution in [0, 0.1) is 6.67 Å². The first-order chi connectivity index (χ1) is 5.29. The molecule has 57 valence electrons. The smallest absolute Gasteiger partial charge is 0.164 e. The Labute approximate surface area is 66.3 Å². The molecule has 0 spiro atoms. The summed E-state index contributed by atoms with van der Waals surface area (Å²) < 4.78 is 0. The van der Waals surface area contributed by atoms with Gasteiger partial charge in [-0.05, 0) is 12.2 Å². The number of allylic oxidation sites excluding steroid dienone is 2. The molecule has 0 aromatic heterocycles. The topological polar surface area (TPSA) is 18.8 Å². The molecule has 2 aliphatic heterocycles. The van der Waals surface area contributed by atoms with E-state index in [0.29, 0.717) is 0 Å². The molecule has 0 bridgehead atoms. The molecule has 1 radical (unpaired) electrons. The second-order valence-electron chi connectivity index (χ2n) is 2.68. The van der Waals surface area contributed by atoms with Gasteiger partial charge >= 0.3 is 0 Å². The van der Waals surface area contributed by atoms with Gasteiger partial charge in [-0.25, -0.2) is 4.99 Å². The fourth-order valence-electron chi connectivity index (χ4n) is 1.23. The van der Waals surface area contributed by atoms with Crippen LogP contribution in [0.25, 0.3) is 0 Å². The fourth-order valence-corrected chi connectivity index (χ4v) is 1.23. The van der Waals surface area contributed by atoms with Crippen molar-refractivity contribution in [3.8, 4) is 0 Å². The van der Waals surface area contributed by atoms with Crippen LogP contribution >= 0.6 is 0 Å². The Morgan fingerprint density at radius 2 is 2.09 bits per heavy atom. The number of nitrogens with zero attached hydrogens (tertiary/aromatic N) is 3. The molecule has 3 nitrogen and oxygen atoms in total. The highest BCUT2D eigenvalue weighted by atomic mass is 15.3. The Morgan fingerprint density at radius 3 is 2.82 bits per heavy atom. The molecule has 0 aliphatic carbocycles. The molecule has 0 atom stereocenters. The second kappa shape index (κ2) is 2.12. The fraction of sp³-hybridized carbons (Fsp3) is 0.250. The zero-order valence-electron chi connectivity index (χ0n) is 6.65. The molecule has 0 fully saturated rings. The average molecular weight is 148 g/mol. The van der Waals surface area contributed by atoms with Crippen LogP contribution in [-0.2, 0) is 0 Å². The van der Waals surface area contributed by atoms with Gasteiger partial charge in [-0.3, -0.25) is 0 Å². The molecule has 0 unspecified atom stereocenters. The van der Waals surface area contributed by atoms with Crippen molar-refractivity contribution in [3.05, 3.63) is 30.7 Å². The minimum Gasteiger partial charge on any atom is -0.346 e. The summed E-state index contributed by atoms with van der Waals surface area (Å²) in [4.78, 5) is 8.26. The highest BCUT2D eigenvalue weighted by molar-refractivity contribution is 6.01. The van der Waals surface area contributed by atoms with Crippen LogP contribution < -0.4 is 0 Å². The molecule has 2 rings (SSSR count). The van der Waals surface area contributed by atoms with Crippen molar-refractivity contribution in [2.75, 3.05) is 14.1 Å². The van der Waals surface area contributed by atoms with Crippen molar-refractivity contribution >= 4 is 5.84 Å². The number of hydrogen-bond acceptors (Lipinski definition) is 3. The van der Waals surface area contributed by atoms with Crippen LogP contribution in [0.4, 0.5) is 0 Å². The van der Waals surface area contributed by atoms with Gasteiger partial charge in [0.2, 0.25) is 0 Å². The van der Waals surface area contributed by atoms with E-state index in [1.54, 1.807) is 0 Å². The second-order valence-corrected chi connectivity index (χ2v) is 2.68. The van der Waals surface area contributed by atoms with Crippen LogP contribution in [0.3, 0.4) is 0 Å². The van der Waals surface area contributed by atoms with E-state index in [1.807, 2.05) is 42.8 Å². The van der Waals surface area contributed by atoms with E-state index in [9.17, 15) is 0 Å². The highest BCUT2D eigenvalue weighted by Crippen LogP contribution is 2.20. The zero-order chi connectivity index (χ0) is 7.84. The van der Waals surface area contributed by atoms with Crippen molar-refractivity contribution in [2.24, 2.45) is 4.99 Å². The van der Waals surface area contributed by atoms with Gasteiger partial charge in [0.15, 0.2) is 12.5 Å². The molecule has 0 amide bonds. The number of fused-ring (bicyclic) bond motifs is 1. The van der Waals surface area contributed by atoms with Gasteiger partial charge < -0.3 is 9.80 Å². The van der Waals surface area contributed by atoms with Gasteiger partial charge in [0.05, 0.1) is 5.70 Å². The van der Waals surface area contributed by atoms with E-state index >= 15 is 0 Å². The summed E-state index contributed by atoms with van der Waals surface area (Å²) in [6.07, 6.45) is 6.07. The van der Waals surface area contributed by atoms with Crippen molar-refractivity contribution in [3.63, 3.8) is 0 Å². The number of likely N-dealkylation sites (N-methyl/N-ethyl adjacent to an activating group) is 2. The van der Waals surface area contributed by atoms with Crippen LogP contribution in [0.2, 0.25) is 0 Å². The van der Waals surface area contributed by atoms with Gasteiger partial charge in [0, 0.05) is 20.3 Å². The Balaban J connectivity index is 2.38. The summed E-state index contributed by atoms with van der Waals surface area (Å²) in [5.74, 6) is 1.02. The van der Waals surface area contributed by atoms with Crippen molar-refractivity contribution in [2.45, 2.75) is 0 Å². The maximum Gasteiger partial charge on any atom is 0.164 e. The summed E-state index contributed by atoms with van der Waals surface area (Å²) in [5, 5.41) is 0. The Morgan fingerprint density at radius 1 is 1.27 bits per heavy atom. The third kappa shape index (κ3) is 0.843. The molecule has 0 N–H and O–H groups in total. The van der Waals surface area contributed by atoms with E-state index in [2.05, 4.69) is 11.1 Å². The number of rotatable bonds is 0. The predicted molar refractivity (Wildman–Crippen MR) is 44.5 cm³/mol. The number of aliphatic imine (C=N–C) groups is 1. The maximum atomic E-state index is 4.24. The SMILES string of the molecule is CN1[CH]N=C2C1=CC=CN2C. The molecule has 0 aromatic rings. The average Bonchev–Trinajstić information content (AvgIpc) is 2.35. The molecule has 0 saturated heterocycles.